The highest BCUT2D eigenvalue weighted by Gasteiger charge is 2.17. The van der Waals surface area contributed by atoms with Crippen LogP contribution >= 0.6 is 11.6 Å². The molecule has 0 aromatic heterocycles. The summed E-state index contributed by atoms with van der Waals surface area (Å²) < 4.78 is 32.3. The van der Waals surface area contributed by atoms with E-state index in [-0.39, 0.29) is 27.9 Å². The van der Waals surface area contributed by atoms with Crippen LogP contribution < -0.4 is 16.2 Å². The Morgan fingerprint density at radius 3 is 2.42 bits per heavy atom. The summed E-state index contributed by atoms with van der Waals surface area (Å²) in [6, 6.07) is 5.16. The van der Waals surface area contributed by atoms with Gasteiger partial charge in [-0.05, 0) is 36.8 Å². The molecule has 0 spiro atoms. The van der Waals surface area contributed by atoms with Gasteiger partial charge in [-0.1, -0.05) is 11.6 Å². The Morgan fingerprint density at radius 2 is 1.79 bits per heavy atom. The molecule has 2 rings (SSSR count). The smallest absolute Gasteiger partial charge is 0.188 e. The highest BCUT2D eigenvalue weighted by molar-refractivity contribution is 6.33. The fraction of sp³-hybridized carbons (Fsp3) is 0.0769. The minimum Gasteiger partial charge on any atom is -0.452 e. The van der Waals surface area contributed by atoms with Crippen molar-refractivity contribution in [2.45, 2.75) is 6.92 Å². The second-order valence-electron chi connectivity index (χ2n) is 4.02. The normalized spacial score (nSPS) is 10.5. The van der Waals surface area contributed by atoms with Crippen LogP contribution in [-0.4, -0.2) is 0 Å². The summed E-state index contributed by atoms with van der Waals surface area (Å²) in [5, 5.41) is -0.260. The zero-order valence-electron chi connectivity index (χ0n) is 10.0. The fourth-order valence-electron chi connectivity index (χ4n) is 1.59. The van der Waals surface area contributed by atoms with E-state index in [0.717, 1.165) is 0 Å². The third-order valence-electron chi connectivity index (χ3n) is 2.57. The van der Waals surface area contributed by atoms with Crippen molar-refractivity contribution in [1.82, 2.24) is 0 Å². The lowest BCUT2D eigenvalue weighted by Gasteiger charge is -2.13. The van der Waals surface area contributed by atoms with Crippen LogP contribution in [0.4, 0.5) is 20.2 Å². The van der Waals surface area contributed by atoms with E-state index in [1.807, 2.05) is 0 Å². The monoisotopic (exact) mass is 284 g/mol. The minimum atomic E-state index is -0.845. The summed E-state index contributed by atoms with van der Waals surface area (Å²) in [7, 11) is 0. The van der Waals surface area contributed by atoms with Gasteiger partial charge in [-0.25, -0.2) is 8.78 Å². The number of nitrogen functional groups attached to an aromatic ring is 2. The van der Waals surface area contributed by atoms with Crippen molar-refractivity contribution in [2.75, 3.05) is 11.5 Å². The largest absolute Gasteiger partial charge is 0.452 e. The molecule has 0 atom stereocenters. The van der Waals surface area contributed by atoms with Crippen molar-refractivity contribution in [3.8, 4) is 11.5 Å². The third-order valence-corrected chi connectivity index (χ3v) is 2.95. The molecule has 0 aliphatic heterocycles. The molecule has 0 radical (unpaired) electrons. The van der Waals surface area contributed by atoms with Crippen molar-refractivity contribution in [1.29, 1.82) is 0 Å². The maximum Gasteiger partial charge on any atom is 0.188 e. The lowest BCUT2D eigenvalue weighted by molar-refractivity contribution is 0.441. The predicted octanol–water partition coefficient (Wildman–Crippen LogP) is 3.88. The van der Waals surface area contributed by atoms with Crippen LogP contribution in [0.2, 0.25) is 5.02 Å². The number of anilines is 2. The zero-order chi connectivity index (χ0) is 14.2. The van der Waals surface area contributed by atoms with Crippen molar-refractivity contribution in [3.05, 3.63) is 46.5 Å². The highest BCUT2D eigenvalue weighted by atomic mass is 35.5. The number of halogens is 3. The first kappa shape index (κ1) is 13.4. The van der Waals surface area contributed by atoms with E-state index in [9.17, 15) is 8.78 Å². The molecule has 0 aliphatic carbocycles. The Hall–Kier alpha value is -2.01. The van der Waals surface area contributed by atoms with Crippen molar-refractivity contribution in [2.24, 2.45) is 0 Å². The Kier molecular flexibility index (Phi) is 3.48. The molecule has 0 unspecified atom stereocenters. The van der Waals surface area contributed by atoms with E-state index in [2.05, 4.69) is 0 Å². The van der Waals surface area contributed by atoms with Gasteiger partial charge in [0.2, 0.25) is 0 Å². The summed E-state index contributed by atoms with van der Waals surface area (Å²) in [6.45, 7) is 1.63. The van der Waals surface area contributed by atoms with Crippen LogP contribution in [-0.2, 0) is 0 Å². The van der Waals surface area contributed by atoms with Gasteiger partial charge in [0.25, 0.3) is 0 Å². The first-order valence-electron chi connectivity index (χ1n) is 5.37. The van der Waals surface area contributed by atoms with E-state index in [0.29, 0.717) is 5.56 Å². The fourth-order valence-corrected chi connectivity index (χ4v) is 1.73. The molecule has 2 aromatic carbocycles. The number of benzene rings is 2. The van der Waals surface area contributed by atoms with Gasteiger partial charge in [-0.15, -0.1) is 0 Å². The molecule has 0 saturated carbocycles. The van der Waals surface area contributed by atoms with Crippen LogP contribution in [0.3, 0.4) is 0 Å². The molecule has 19 heavy (non-hydrogen) atoms. The average molecular weight is 285 g/mol. The number of rotatable bonds is 2. The Balaban J connectivity index is 2.47. The summed E-state index contributed by atoms with van der Waals surface area (Å²) in [5.74, 6) is -1.20. The van der Waals surface area contributed by atoms with Crippen LogP contribution in [0.1, 0.15) is 5.56 Å². The summed E-state index contributed by atoms with van der Waals surface area (Å²) in [4.78, 5) is 0. The topological polar surface area (TPSA) is 61.3 Å². The second kappa shape index (κ2) is 4.93. The molecule has 6 heteroatoms. The van der Waals surface area contributed by atoms with Crippen LogP contribution in [0.5, 0.6) is 11.5 Å². The van der Waals surface area contributed by atoms with Gasteiger partial charge in [0, 0.05) is 0 Å². The average Bonchev–Trinajstić information content (AvgIpc) is 2.34. The Morgan fingerprint density at radius 1 is 1.11 bits per heavy atom. The van der Waals surface area contributed by atoms with E-state index >= 15 is 0 Å². The molecule has 0 amide bonds. The molecule has 0 bridgehead atoms. The standard InChI is InChI=1S/C13H11ClF2N2O/c1-6-4-7(15)2-3-10(6)19-13-9(18)5-8(17)11(14)12(13)16/h2-5H,17-18H2,1H3. The maximum absolute atomic E-state index is 13.9. The zero-order valence-corrected chi connectivity index (χ0v) is 10.8. The van der Waals surface area contributed by atoms with Crippen molar-refractivity contribution < 1.29 is 13.5 Å². The molecule has 0 saturated heterocycles. The van der Waals surface area contributed by atoms with Gasteiger partial charge in [-0.2, -0.15) is 0 Å². The molecule has 100 valence electrons. The van der Waals surface area contributed by atoms with Crippen LogP contribution in [0, 0.1) is 18.6 Å². The van der Waals surface area contributed by atoms with Gasteiger partial charge >= 0.3 is 0 Å². The van der Waals surface area contributed by atoms with Crippen LogP contribution in [0.25, 0.3) is 0 Å². The first-order chi connectivity index (χ1) is 8.90. The lowest BCUT2D eigenvalue weighted by atomic mass is 10.2. The van der Waals surface area contributed by atoms with E-state index in [1.165, 1.54) is 24.3 Å². The predicted molar refractivity (Wildman–Crippen MR) is 71.4 cm³/mol. The van der Waals surface area contributed by atoms with Gasteiger partial charge in [-0.3, -0.25) is 0 Å². The second-order valence-corrected chi connectivity index (χ2v) is 4.40. The summed E-state index contributed by atoms with van der Waals surface area (Å²) in [5.41, 5.74) is 11.7. The van der Waals surface area contributed by atoms with Crippen molar-refractivity contribution in [3.63, 3.8) is 0 Å². The van der Waals surface area contributed by atoms with Crippen molar-refractivity contribution >= 4 is 23.0 Å². The summed E-state index contributed by atoms with van der Waals surface area (Å²) >= 11 is 5.69. The van der Waals surface area contributed by atoms with E-state index in [1.54, 1.807) is 6.92 Å². The molecular formula is C13H11ClF2N2O. The molecule has 2 aromatic rings. The Bertz CT molecular complexity index is 647. The Labute approximate surface area is 113 Å². The SMILES string of the molecule is Cc1cc(F)ccc1Oc1c(N)cc(N)c(Cl)c1F. The van der Waals surface area contributed by atoms with Gasteiger partial charge < -0.3 is 16.2 Å². The van der Waals surface area contributed by atoms with Gasteiger partial charge in [0.15, 0.2) is 11.6 Å². The number of hydrogen-bond donors (Lipinski definition) is 2. The molecular weight excluding hydrogens is 274 g/mol. The first-order valence-corrected chi connectivity index (χ1v) is 5.75. The highest BCUT2D eigenvalue weighted by Crippen LogP contribution is 2.38. The maximum atomic E-state index is 13.9. The minimum absolute atomic E-state index is 0.0168. The molecule has 0 heterocycles. The lowest BCUT2D eigenvalue weighted by Crippen LogP contribution is -2.00. The van der Waals surface area contributed by atoms with E-state index in [4.69, 9.17) is 27.8 Å². The van der Waals surface area contributed by atoms with Gasteiger partial charge in [0.1, 0.15) is 16.6 Å². The van der Waals surface area contributed by atoms with E-state index < -0.39 is 11.6 Å². The third kappa shape index (κ3) is 2.56. The molecule has 0 aliphatic rings. The van der Waals surface area contributed by atoms with Crippen LogP contribution in [0.15, 0.2) is 24.3 Å². The molecule has 0 fully saturated rings. The quantitative estimate of drug-likeness (QED) is 0.823. The van der Waals surface area contributed by atoms with Gasteiger partial charge in [0.05, 0.1) is 11.4 Å². The number of aryl methyl sites for hydroxylation is 1. The number of ether oxygens (including phenoxy) is 1. The number of nitrogens with two attached hydrogens (primary N) is 2. The summed E-state index contributed by atoms with van der Waals surface area (Å²) in [6.07, 6.45) is 0. The molecule has 3 nitrogen and oxygen atoms in total. The molecule has 4 N–H and O–H groups in total. The number of hydrogen-bond acceptors (Lipinski definition) is 3.